The van der Waals surface area contributed by atoms with E-state index in [9.17, 15) is 9.59 Å². The molecule has 154 valence electrons. The normalized spacial score (nSPS) is 28.5. The van der Waals surface area contributed by atoms with Gasteiger partial charge in [-0.15, -0.1) is 0 Å². The molecule has 7 nitrogen and oxygen atoms in total. The summed E-state index contributed by atoms with van der Waals surface area (Å²) in [7, 11) is 3.19. The number of fused-ring (bicyclic) bond motifs is 1. The minimum atomic E-state index is -0.760. The highest BCUT2D eigenvalue weighted by Crippen LogP contribution is 2.52. The van der Waals surface area contributed by atoms with E-state index in [1.807, 2.05) is 36.4 Å². The van der Waals surface area contributed by atoms with E-state index in [0.29, 0.717) is 18.0 Å². The Hall–Kier alpha value is -3.32. The SMILES string of the molecule is COc1ccc(NC(=O)C2[C@@H]3C=C[C@]4(CN(c5ccc(OC)cc5)C(=O)[C@H]24)O3)cc1. The summed E-state index contributed by atoms with van der Waals surface area (Å²) in [4.78, 5) is 28.2. The van der Waals surface area contributed by atoms with Crippen LogP contribution in [0.1, 0.15) is 0 Å². The number of carbonyl (C=O) groups is 2. The Kier molecular flexibility index (Phi) is 4.29. The Balaban J connectivity index is 1.39. The van der Waals surface area contributed by atoms with Crippen LogP contribution in [0.2, 0.25) is 0 Å². The predicted molar refractivity (Wildman–Crippen MR) is 111 cm³/mol. The fraction of sp³-hybridized carbons (Fsp3) is 0.304. The maximum absolute atomic E-state index is 13.4. The highest BCUT2D eigenvalue weighted by Gasteiger charge is 2.67. The molecule has 0 aromatic heterocycles. The summed E-state index contributed by atoms with van der Waals surface area (Å²) in [5.74, 6) is -0.00857. The topological polar surface area (TPSA) is 77.1 Å². The first-order valence-electron chi connectivity index (χ1n) is 9.82. The van der Waals surface area contributed by atoms with Gasteiger partial charge in [-0.3, -0.25) is 9.59 Å². The molecule has 30 heavy (non-hydrogen) atoms. The Bertz CT molecular complexity index is 1020. The average molecular weight is 406 g/mol. The van der Waals surface area contributed by atoms with E-state index in [2.05, 4.69) is 5.32 Å². The molecular weight excluding hydrogens is 384 g/mol. The van der Waals surface area contributed by atoms with Gasteiger partial charge in [0.2, 0.25) is 11.8 Å². The lowest BCUT2D eigenvalue weighted by atomic mass is 9.77. The maximum atomic E-state index is 13.4. The Morgan fingerprint density at radius 2 is 1.70 bits per heavy atom. The summed E-state index contributed by atoms with van der Waals surface area (Å²) >= 11 is 0. The fourth-order valence-electron chi connectivity index (χ4n) is 4.68. The van der Waals surface area contributed by atoms with Crippen molar-refractivity contribution in [2.75, 3.05) is 31.0 Å². The Morgan fingerprint density at radius 3 is 2.33 bits per heavy atom. The zero-order chi connectivity index (χ0) is 20.9. The maximum Gasteiger partial charge on any atom is 0.234 e. The molecule has 3 heterocycles. The highest BCUT2D eigenvalue weighted by atomic mass is 16.5. The van der Waals surface area contributed by atoms with E-state index < -0.39 is 23.5 Å². The van der Waals surface area contributed by atoms with E-state index in [0.717, 1.165) is 11.4 Å². The molecule has 2 fully saturated rings. The first kappa shape index (κ1) is 18.7. The van der Waals surface area contributed by atoms with Crippen molar-refractivity contribution in [3.63, 3.8) is 0 Å². The van der Waals surface area contributed by atoms with Crippen molar-refractivity contribution in [1.29, 1.82) is 0 Å². The third-order valence-electron chi connectivity index (χ3n) is 6.14. The highest BCUT2D eigenvalue weighted by molar-refractivity contribution is 6.05. The van der Waals surface area contributed by atoms with E-state index in [-0.39, 0.29) is 11.8 Å². The van der Waals surface area contributed by atoms with Crippen LogP contribution in [0.4, 0.5) is 11.4 Å². The van der Waals surface area contributed by atoms with Crippen LogP contribution < -0.4 is 19.7 Å². The van der Waals surface area contributed by atoms with E-state index in [1.54, 1.807) is 43.4 Å². The first-order chi connectivity index (χ1) is 14.5. The summed E-state index contributed by atoms with van der Waals surface area (Å²) in [5.41, 5.74) is 0.655. The number of rotatable bonds is 5. The first-order valence-corrected chi connectivity index (χ1v) is 9.82. The molecule has 1 unspecified atom stereocenters. The van der Waals surface area contributed by atoms with Crippen LogP contribution in [0, 0.1) is 11.8 Å². The van der Waals surface area contributed by atoms with Crippen LogP contribution in [0.3, 0.4) is 0 Å². The lowest BCUT2D eigenvalue weighted by Gasteiger charge is -2.23. The second-order valence-electron chi connectivity index (χ2n) is 7.74. The van der Waals surface area contributed by atoms with Crippen molar-refractivity contribution >= 4 is 23.2 Å². The van der Waals surface area contributed by atoms with Gasteiger partial charge in [-0.1, -0.05) is 12.2 Å². The largest absolute Gasteiger partial charge is 0.497 e. The summed E-state index contributed by atoms with van der Waals surface area (Å²) < 4.78 is 16.5. The van der Waals surface area contributed by atoms with Crippen molar-refractivity contribution in [2.45, 2.75) is 11.7 Å². The van der Waals surface area contributed by atoms with Crippen molar-refractivity contribution in [3.05, 3.63) is 60.7 Å². The summed E-state index contributed by atoms with van der Waals surface area (Å²) in [5, 5.41) is 2.92. The smallest absolute Gasteiger partial charge is 0.234 e. The molecule has 0 saturated carbocycles. The van der Waals surface area contributed by atoms with Gasteiger partial charge >= 0.3 is 0 Å². The van der Waals surface area contributed by atoms with Gasteiger partial charge in [0.1, 0.15) is 17.1 Å². The molecule has 2 aromatic carbocycles. The van der Waals surface area contributed by atoms with Gasteiger partial charge in [0, 0.05) is 11.4 Å². The molecule has 2 bridgehead atoms. The summed E-state index contributed by atoms with van der Waals surface area (Å²) in [6.45, 7) is 0.391. The average Bonchev–Trinajstić information content (AvgIpc) is 3.42. The molecule has 4 atom stereocenters. The molecule has 3 aliphatic rings. The van der Waals surface area contributed by atoms with Crippen molar-refractivity contribution in [1.82, 2.24) is 0 Å². The van der Waals surface area contributed by atoms with Crippen LogP contribution in [-0.2, 0) is 14.3 Å². The molecule has 5 rings (SSSR count). The molecular formula is C23H22N2O5. The lowest BCUT2D eigenvalue weighted by Crippen LogP contribution is -2.41. The number of carbonyl (C=O) groups excluding carboxylic acids is 2. The Labute approximate surface area is 174 Å². The number of anilines is 2. The van der Waals surface area contributed by atoms with Gasteiger partial charge < -0.3 is 24.4 Å². The molecule has 0 radical (unpaired) electrons. The summed E-state index contributed by atoms with van der Waals surface area (Å²) in [6, 6.07) is 14.4. The molecule has 3 aliphatic heterocycles. The van der Waals surface area contributed by atoms with E-state index in [4.69, 9.17) is 14.2 Å². The molecule has 2 aromatic rings. The van der Waals surface area contributed by atoms with Gasteiger partial charge in [0.25, 0.3) is 0 Å². The third kappa shape index (κ3) is 2.77. The second-order valence-corrected chi connectivity index (χ2v) is 7.74. The van der Waals surface area contributed by atoms with Gasteiger partial charge in [-0.2, -0.15) is 0 Å². The van der Waals surface area contributed by atoms with Gasteiger partial charge in [-0.05, 0) is 48.5 Å². The minimum absolute atomic E-state index is 0.0955. The van der Waals surface area contributed by atoms with Crippen LogP contribution in [-0.4, -0.2) is 44.3 Å². The molecule has 1 spiro atoms. The zero-order valence-electron chi connectivity index (χ0n) is 16.7. The Morgan fingerprint density at radius 1 is 1.07 bits per heavy atom. The summed E-state index contributed by atoms with van der Waals surface area (Å²) in [6.07, 6.45) is 3.45. The van der Waals surface area contributed by atoms with Gasteiger partial charge in [0.15, 0.2) is 0 Å². The third-order valence-corrected chi connectivity index (χ3v) is 6.14. The lowest BCUT2D eigenvalue weighted by molar-refractivity contribution is -0.128. The van der Waals surface area contributed by atoms with Crippen LogP contribution in [0.25, 0.3) is 0 Å². The van der Waals surface area contributed by atoms with Crippen LogP contribution in [0.15, 0.2) is 60.7 Å². The number of methoxy groups -OCH3 is 2. The van der Waals surface area contributed by atoms with Crippen molar-refractivity contribution in [2.24, 2.45) is 11.8 Å². The quantitative estimate of drug-likeness (QED) is 0.773. The van der Waals surface area contributed by atoms with E-state index in [1.165, 1.54) is 0 Å². The van der Waals surface area contributed by atoms with Crippen molar-refractivity contribution < 1.29 is 23.8 Å². The van der Waals surface area contributed by atoms with Gasteiger partial charge in [0.05, 0.1) is 38.7 Å². The fourth-order valence-corrected chi connectivity index (χ4v) is 4.68. The standard InChI is InChI=1S/C23H22N2O5/c1-28-16-7-3-14(4-8-16)24-21(26)19-18-11-12-23(30-18)13-25(22(27)20(19)23)15-5-9-17(29-2)10-6-15/h3-12,18-20H,13H2,1-2H3,(H,24,26)/t18-,19?,20-,23+/m0/s1. The van der Waals surface area contributed by atoms with E-state index >= 15 is 0 Å². The second kappa shape index (κ2) is 6.88. The predicted octanol–water partition coefficient (Wildman–Crippen LogP) is 2.63. The monoisotopic (exact) mass is 406 g/mol. The number of hydrogen-bond acceptors (Lipinski definition) is 5. The molecule has 2 amide bonds. The molecule has 2 saturated heterocycles. The number of ether oxygens (including phenoxy) is 3. The van der Waals surface area contributed by atoms with Crippen LogP contribution >= 0.6 is 0 Å². The van der Waals surface area contributed by atoms with Crippen LogP contribution in [0.5, 0.6) is 11.5 Å². The number of amides is 2. The zero-order valence-corrected chi connectivity index (χ0v) is 16.7. The van der Waals surface area contributed by atoms with Gasteiger partial charge in [-0.25, -0.2) is 0 Å². The number of nitrogens with zero attached hydrogens (tertiary/aromatic N) is 1. The number of benzene rings is 2. The molecule has 0 aliphatic carbocycles. The number of hydrogen-bond donors (Lipinski definition) is 1. The molecule has 1 N–H and O–H groups in total. The number of nitrogens with one attached hydrogen (secondary N) is 1. The minimum Gasteiger partial charge on any atom is -0.497 e. The van der Waals surface area contributed by atoms with Crippen molar-refractivity contribution in [3.8, 4) is 11.5 Å². The molecule has 7 heteroatoms.